The molecule has 0 aromatic rings. The van der Waals surface area contributed by atoms with Crippen molar-refractivity contribution in [2.24, 2.45) is 34.5 Å². The van der Waals surface area contributed by atoms with Crippen LogP contribution in [0.4, 0.5) is 0 Å². The molecule has 1 saturated heterocycles. The minimum absolute atomic E-state index is 0.114. The van der Waals surface area contributed by atoms with Gasteiger partial charge in [-0.05, 0) is 43.9 Å². The summed E-state index contributed by atoms with van der Waals surface area (Å²) in [4.78, 5) is 25.0. The Morgan fingerprint density at radius 2 is 2.17 bits per heavy atom. The molecule has 0 aromatic carbocycles. The van der Waals surface area contributed by atoms with Gasteiger partial charge in [-0.1, -0.05) is 24.3 Å². The number of allylic oxidation sites excluding steroid dienone is 1. The minimum atomic E-state index is -1.08. The Morgan fingerprint density at radius 3 is 2.88 bits per heavy atom. The molecule has 4 bridgehead atoms. The van der Waals surface area contributed by atoms with E-state index >= 15 is 0 Å². The van der Waals surface area contributed by atoms with Gasteiger partial charge in [0.15, 0.2) is 0 Å². The summed E-state index contributed by atoms with van der Waals surface area (Å²) >= 11 is 0. The molecule has 3 saturated carbocycles. The largest absolute Gasteiger partial charge is 0.481 e. The minimum Gasteiger partial charge on any atom is -0.481 e. The van der Waals surface area contributed by atoms with Crippen LogP contribution in [0.2, 0.25) is 0 Å². The van der Waals surface area contributed by atoms with Crippen molar-refractivity contribution in [1.82, 2.24) is 0 Å². The van der Waals surface area contributed by atoms with E-state index in [4.69, 9.17) is 4.74 Å². The predicted molar refractivity (Wildman–Crippen MR) is 83.7 cm³/mol. The number of rotatable bonds is 1. The van der Waals surface area contributed by atoms with Crippen molar-refractivity contribution in [3.8, 4) is 0 Å². The Labute approximate surface area is 140 Å². The van der Waals surface area contributed by atoms with Crippen LogP contribution >= 0.6 is 0 Å². The number of aliphatic hydroxyl groups is 1. The fraction of sp³-hybridized carbons (Fsp3) is 0.684. The summed E-state index contributed by atoms with van der Waals surface area (Å²) in [7, 11) is 0. The number of hydrogen-bond donors (Lipinski definition) is 2. The van der Waals surface area contributed by atoms with E-state index in [0.717, 1.165) is 24.8 Å². The van der Waals surface area contributed by atoms with Crippen LogP contribution in [0.3, 0.4) is 0 Å². The molecule has 5 nitrogen and oxygen atoms in total. The highest BCUT2D eigenvalue weighted by molar-refractivity contribution is 5.87. The standard InChI is InChI=1S/C19H22O5/c1-9-7-18-8-10(9)3-4-11(18)19-12(20)5-6-17(2,16(23)24-19)14(19)13(18)15(21)22/h5-6,10-14,20H,1,3-4,7-8H2,2H3,(H,21,22)/t10?,11-,12-,13-,14-,17-,18+,19+/m1/s1. The van der Waals surface area contributed by atoms with E-state index in [0.29, 0.717) is 12.3 Å². The summed E-state index contributed by atoms with van der Waals surface area (Å²) < 4.78 is 5.90. The zero-order valence-corrected chi connectivity index (χ0v) is 13.7. The maximum Gasteiger partial charge on any atom is 0.316 e. The van der Waals surface area contributed by atoms with Crippen LogP contribution in [0.15, 0.2) is 24.3 Å². The highest BCUT2D eigenvalue weighted by Crippen LogP contribution is 2.76. The lowest BCUT2D eigenvalue weighted by Crippen LogP contribution is -2.54. The summed E-state index contributed by atoms with van der Waals surface area (Å²) in [5, 5.41) is 21.0. The number of aliphatic carboxylic acids is 1. The number of aliphatic hydroxyl groups excluding tert-OH is 1. The summed E-state index contributed by atoms with van der Waals surface area (Å²) in [5.41, 5.74) is -1.35. The molecule has 24 heavy (non-hydrogen) atoms. The number of carbonyl (C=O) groups is 2. The summed E-state index contributed by atoms with van der Waals surface area (Å²) in [6, 6.07) is 0. The van der Waals surface area contributed by atoms with Gasteiger partial charge in [-0.15, -0.1) is 0 Å². The third-order valence-corrected chi connectivity index (χ3v) is 7.95. The van der Waals surface area contributed by atoms with Gasteiger partial charge in [-0.25, -0.2) is 0 Å². The van der Waals surface area contributed by atoms with Crippen LogP contribution in [0.1, 0.15) is 32.6 Å². The van der Waals surface area contributed by atoms with E-state index in [-0.39, 0.29) is 11.9 Å². The van der Waals surface area contributed by atoms with Gasteiger partial charge in [0.1, 0.15) is 11.7 Å². The molecule has 0 radical (unpaired) electrons. The van der Waals surface area contributed by atoms with E-state index < -0.39 is 40.3 Å². The topological polar surface area (TPSA) is 83.8 Å². The zero-order chi connectivity index (χ0) is 17.1. The van der Waals surface area contributed by atoms with Crippen molar-refractivity contribution in [2.45, 2.75) is 44.3 Å². The second-order valence-electron chi connectivity index (χ2n) is 8.72. The van der Waals surface area contributed by atoms with Crippen molar-refractivity contribution < 1.29 is 24.5 Å². The fourth-order valence-corrected chi connectivity index (χ4v) is 7.21. The quantitative estimate of drug-likeness (QED) is 0.567. The van der Waals surface area contributed by atoms with Crippen molar-refractivity contribution in [2.75, 3.05) is 0 Å². The van der Waals surface area contributed by atoms with Gasteiger partial charge < -0.3 is 14.9 Å². The van der Waals surface area contributed by atoms with Crippen LogP contribution in [0.25, 0.3) is 0 Å². The molecule has 1 unspecified atom stereocenters. The van der Waals surface area contributed by atoms with Gasteiger partial charge in [0.2, 0.25) is 0 Å². The summed E-state index contributed by atoms with van der Waals surface area (Å²) in [6.45, 7) is 5.97. The van der Waals surface area contributed by atoms with Crippen LogP contribution in [0.5, 0.6) is 0 Å². The van der Waals surface area contributed by atoms with Gasteiger partial charge in [0, 0.05) is 11.8 Å². The highest BCUT2D eigenvalue weighted by atomic mass is 16.6. The van der Waals surface area contributed by atoms with Gasteiger partial charge >= 0.3 is 11.9 Å². The Balaban J connectivity index is 1.79. The first kappa shape index (κ1) is 14.7. The lowest BCUT2D eigenvalue weighted by atomic mass is 9.62. The molecule has 2 N–H and O–H groups in total. The SMILES string of the molecule is C=C1C[C@]23CC1CC[C@H]2[C@]12OC(=O)[C@](C)(C=C[C@H]1O)[C@H]2[C@@H]3C(=O)O. The Bertz CT molecular complexity index is 725. The molecular formula is C19H22O5. The summed E-state index contributed by atoms with van der Waals surface area (Å²) in [6.07, 6.45) is 5.61. The number of fused-ring (bicyclic) bond motifs is 1. The third-order valence-electron chi connectivity index (χ3n) is 7.95. The first-order valence-electron chi connectivity index (χ1n) is 8.79. The molecule has 0 amide bonds. The number of ether oxygens (including phenoxy) is 1. The van der Waals surface area contributed by atoms with Gasteiger partial charge in [0.05, 0.1) is 11.3 Å². The second kappa shape index (κ2) is 3.96. The monoisotopic (exact) mass is 330 g/mol. The number of carboxylic acid groups (broad SMARTS) is 1. The molecule has 128 valence electrons. The molecule has 5 rings (SSSR count). The number of hydrogen-bond acceptors (Lipinski definition) is 4. The lowest BCUT2D eigenvalue weighted by molar-refractivity contribution is -0.170. The van der Waals surface area contributed by atoms with E-state index in [2.05, 4.69) is 6.58 Å². The smallest absolute Gasteiger partial charge is 0.316 e. The third kappa shape index (κ3) is 1.25. The van der Waals surface area contributed by atoms with Gasteiger partial charge in [-0.3, -0.25) is 9.59 Å². The molecule has 4 fully saturated rings. The highest BCUT2D eigenvalue weighted by Gasteiger charge is 2.83. The molecule has 5 aliphatic rings. The Hall–Kier alpha value is -1.62. The Morgan fingerprint density at radius 1 is 1.42 bits per heavy atom. The molecule has 4 aliphatic carbocycles. The molecule has 1 aliphatic heterocycles. The normalized spacial score (nSPS) is 56.8. The van der Waals surface area contributed by atoms with Gasteiger partial charge in [0.25, 0.3) is 0 Å². The maximum atomic E-state index is 12.6. The number of carbonyl (C=O) groups excluding carboxylic acids is 1. The van der Waals surface area contributed by atoms with E-state index in [1.165, 1.54) is 0 Å². The van der Waals surface area contributed by atoms with Crippen molar-refractivity contribution in [1.29, 1.82) is 0 Å². The molecule has 8 atom stereocenters. The zero-order valence-electron chi connectivity index (χ0n) is 13.7. The fourth-order valence-electron chi connectivity index (χ4n) is 7.21. The first-order chi connectivity index (χ1) is 11.3. The van der Waals surface area contributed by atoms with E-state index in [9.17, 15) is 19.8 Å². The molecular weight excluding hydrogens is 308 g/mol. The number of carboxylic acids is 1. The first-order valence-corrected chi connectivity index (χ1v) is 8.79. The van der Waals surface area contributed by atoms with Crippen molar-refractivity contribution in [3.63, 3.8) is 0 Å². The molecule has 1 spiro atoms. The van der Waals surface area contributed by atoms with E-state index in [1.807, 2.05) is 0 Å². The molecule has 1 heterocycles. The van der Waals surface area contributed by atoms with E-state index in [1.54, 1.807) is 19.1 Å². The lowest BCUT2D eigenvalue weighted by Gasteiger charge is -2.44. The summed E-state index contributed by atoms with van der Waals surface area (Å²) in [5.74, 6) is -2.19. The Kier molecular flexibility index (Phi) is 2.42. The predicted octanol–water partition coefficient (Wildman–Crippen LogP) is 1.91. The van der Waals surface area contributed by atoms with Crippen LogP contribution in [-0.2, 0) is 14.3 Å². The average molecular weight is 330 g/mol. The van der Waals surface area contributed by atoms with Crippen molar-refractivity contribution >= 4 is 11.9 Å². The second-order valence-corrected chi connectivity index (χ2v) is 8.72. The molecule has 0 aromatic heterocycles. The van der Waals surface area contributed by atoms with Crippen LogP contribution < -0.4 is 0 Å². The van der Waals surface area contributed by atoms with Crippen LogP contribution in [-0.4, -0.2) is 33.9 Å². The van der Waals surface area contributed by atoms with Crippen LogP contribution in [0, 0.1) is 34.5 Å². The average Bonchev–Trinajstić information content (AvgIpc) is 2.99. The van der Waals surface area contributed by atoms with Gasteiger partial charge in [-0.2, -0.15) is 0 Å². The number of esters is 1. The van der Waals surface area contributed by atoms with Crippen molar-refractivity contribution in [3.05, 3.63) is 24.3 Å². The maximum absolute atomic E-state index is 12.6. The molecule has 5 heteroatoms.